The Hall–Kier alpha value is -3.35. The highest BCUT2D eigenvalue weighted by molar-refractivity contribution is 6.53. The zero-order chi connectivity index (χ0) is 21.1. The van der Waals surface area contributed by atoms with Crippen molar-refractivity contribution in [3.63, 3.8) is 0 Å². The number of ketones is 1. The number of anilines is 1. The van der Waals surface area contributed by atoms with E-state index in [0.717, 1.165) is 11.1 Å². The molecule has 1 unspecified atom stereocenters. The number of hydrogen-bond acceptors (Lipinski definition) is 5. The highest BCUT2D eigenvalue weighted by Gasteiger charge is 2.41. The maximum atomic E-state index is 12.7. The van der Waals surface area contributed by atoms with Crippen molar-refractivity contribution in [2.45, 2.75) is 26.3 Å². The summed E-state index contributed by atoms with van der Waals surface area (Å²) in [7, 11) is 3.14. The van der Waals surface area contributed by atoms with E-state index in [4.69, 9.17) is 9.47 Å². The third-order valence-corrected chi connectivity index (χ3v) is 5.06. The first kappa shape index (κ1) is 20.4. The van der Waals surface area contributed by atoms with Gasteiger partial charge < -0.3 is 14.8 Å². The van der Waals surface area contributed by atoms with Crippen LogP contribution < -0.4 is 19.7 Å². The van der Waals surface area contributed by atoms with E-state index in [2.05, 4.69) is 5.32 Å². The Morgan fingerprint density at radius 3 is 2.52 bits per heavy atom. The fourth-order valence-corrected chi connectivity index (χ4v) is 3.49. The van der Waals surface area contributed by atoms with Gasteiger partial charge in [0.15, 0.2) is 11.5 Å². The van der Waals surface area contributed by atoms with Crippen LogP contribution >= 0.6 is 0 Å². The highest BCUT2D eigenvalue weighted by atomic mass is 16.5. The van der Waals surface area contributed by atoms with Gasteiger partial charge in [-0.05, 0) is 49.6 Å². The number of methoxy groups -OCH3 is 2. The SMILES string of the molecule is COc1ccc(CCNC(=O)C(C)N2C(=O)C(=O)c3cccc(C)c32)cc1OC. The van der Waals surface area contributed by atoms with Crippen molar-refractivity contribution < 1.29 is 23.9 Å². The van der Waals surface area contributed by atoms with E-state index in [1.54, 1.807) is 33.3 Å². The summed E-state index contributed by atoms with van der Waals surface area (Å²) in [5, 5.41) is 2.84. The molecule has 1 aliphatic heterocycles. The van der Waals surface area contributed by atoms with Crippen LogP contribution in [-0.4, -0.2) is 44.4 Å². The molecule has 0 saturated carbocycles. The number of nitrogens with one attached hydrogen (secondary N) is 1. The van der Waals surface area contributed by atoms with Crippen LogP contribution in [-0.2, 0) is 16.0 Å². The van der Waals surface area contributed by atoms with E-state index >= 15 is 0 Å². The molecule has 0 fully saturated rings. The molecule has 7 heteroatoms. The minimum Gasteiger partial charge on any atom is -0.493 e. The second-order valence-electron chi connectivity index (χ2n) is 6.88. The third-order valence-electron chi connectivity index (χ3n) is 5.06. The molecule has 0 bridgehead atoms. The van der Waals surface area contributed by atoms with Gasteiger partial charge in [0, 0.05) is 6.54 Å². The van der Waals surface area contributed by atoms with Crippen molar-refractivity contribution in [1.82, 2.24) is 5.32 Å². The average Bonchev–Trinajstić information content (AvgIpc) is 2.99. The minimum absolute atomic E-state index is 0.317. The number of aryl methyl sites for hydroxylation is 1. The van der Waals surface area contributed by atoms with E-state index in [9.17, 15) is 14.4 Å². The van der Waals surface area contributed by atoms with E-state index in [0.29, 0.717) is 35.7 Å². The summed E-state index contributed by atoms with van der Waals surface area (Å²) in [5.74, 6) is -0.300. The number of para-hydroxylation sites is 1. The van der Waals surface area contributed by atoms with Gasteiger partial charge in [-0.2, -0.15) is 0 Å². The zero-order valence-electron chi connectivity index (χ0n) is 16.9. The monoisotopic (exact) mass is 396 g/mol. The van der Waals surface area contributed by atoms with Crippen LogP contribution in [0.4, 0.5) is 5.69 Å². The summed E-state index contributed by atoms with van der Waals surface area (Å²) in [6.45, 7) is 3.83. The molecule has 7 nitrogen and oxygen atoms in total. The van der Waals surface area contributed by atoms with Crippen LogP contribution in [0.2, 0.25) is 0 Å². The topological polar surface area (TPSA) is 84.9 Å². The molecule has 2 aromatic rings. The number of nitrogens with zero attached hydrogens (tertiary/aromatic N) is 1. The molecule has 1 N–H and O–H groups in total. The third kappa shape index (κ3) is 3.81. The van der Waals surface area contributed by atoms with Gasteiger partial charge in [-0.15, -0.1) is 0 Å². The second kappa shape index (κ2) is 8.34. The number of amides is 2. The summed E-state index contributed by atoms with van der Waals surface area (Å²) in [6.07, 6.45) is 0.585. The summed E-state index contributed by atoms with van der Waals surface area (Å²) in [6, 6.07) is 9.95. The molecule has 1 heterocycles. The molecule has 1 atom stereocenters. The number of benzene rings is 2. The Balaban J connectivity index is 1.66. The van der Waals surface area contributed by atoms with Crippen LogP contribution in [0.5, 0.6) is 11.5 Å². The largest absolute Gasteiger partial charge is 0.493 e. The Kier molecular flexibility index (Phi) is 5.87. The number of carbonyl (C=O) groups excluding carboxylic acids is 3. The smallest absolute Gasteiger partial charge is 0.300 e. The van der Waals surface area contributed by atoms with Crippen LogP contribution in [0.15, 0.2) is 36.4 Å². The van der Waals surface area contributed by atoms with E-state index in [1.165, 1.54) is 4.90 Å². The molecule has 0 aliphatic carbocycles. The molecule has 2 aromatic carbocycles. The second-order valence-corrected chi connectivity index (χ2v) is 6.88. The van der Waals surface area contributed by atoms with Gasteiger partial charge in [-0.1, -0.05) is 18.2 Å². The van der Waals surface area contributed by atoms with Gasteiger partial charge in [0.05, 0.1) is 25.5 Å². The summed E-state index contributed by atoms with van der Waals surface area (Å²) >= 11 is 0. The predicted molar refractivity (Wildman–Crippen MR) is 109 cm³/mol. The van der Waals surface area contributed by atoms with Gasteiger partial charge >= 0.3 is 0 Å². The lowest BCUT2D eigenvalue weighted by molar-refractivity contribution is -0.124. The standard InChI is InChI=1S/C22H24N2O5/c1-13-6-5-7-16-19(13)24(22(27)20(16)25)14(2)21(26)23-11-10-15-8-9-17(28-3)18(12-15)29-4/h5-9,12,14H,10-11H2,1-4H3,(H,23,26). The molecular weight excluding hydrogens is 372 g/mol. The number of ether oxygens (including phenoxy) is 2. The van der Waals surface area contributed by atoms with Crippen molar-refractivity contribution in [3.8, 4) is 11.5 Å². The van der Waals surface area contributed by atoms with Crippen molar-refractivity contribution >= 4 is 23.3 Å². The highest BCUT2D eigenvalue weighted by Crippen LogP contribution is 2.33. The minimum atomic E-state index is -0.792. The lowest BCUT2D eigenvalue weighted by Crippen LogP contribution is -2.48. The lowest BCUT2D eigenvalue weighted by Gasteiger charge is -2.25. The van der Waals surface area contributed by atoms with Crippen molar-refractivity contribution in [1.29, 1.82) is 0 Å². The number of hydrogen-bond donors (Lipinski definition) is 1. The molecular formula is C22H24N2O5. The predicted octanol–water partition coefficient (Wildman–Crippen LogP) is 2.29. The van der Waals surface area contributed by atoms with Gasteiger partial charge in [0.2, 0.25) is 5.91 Å². The Labute approximate surface area is 169 Å². The number of fused-ring (bicyclic) bond motifs is 1. The Morgan fingerprint density at radius 2 is 1.83 bits per heavy atom. The quantitative estimate of drug-likeness (QED) is 0.726. The van der Waals surface area contributed by atoms with Crippen LogP contribution in [0.25, 0.3) is 0 Å². The number of Topliss-reactive ketones (excluding diaryl/α,β-unsaturated/α-hetero) is 1. The molecule has 29 heavy (non-hydrogen) atoms. The van der Waals surface area contributed by atoms with Crippen molar-refractivity contribution in [2.75, 3.05) is 25.7 Å². The van der Waals surface area contributed by atoms with Crippen LogP contribution in [0.3, 0.4) is 0 Å². The van der Waals surface area contributed by atoms with Gasteiger partial charge in [-0.25, -0.2) is 0 Å². The fraction of sp³-hybridized carbons (Fsp3) is 0.318. The first-order chi connectivity index (χ1) is 13.9. The van der Waals surface area contributed by atoms with E-state index in [1.807, 2.05) is 31.2 Å². The first-order valence-corrected chi connectivity index (χ1v) is 9.35. The maximum absolute atomic E-state index is 12.7. The molecule has 0 saturated heterocycles. The van der Waals surface area contributed by atoms with Crippen molar-refractivity contribution in [3.05, 3.63) is 53.1 Å². The molecule has 0 spiro atoms. The lowest BCUT2D eigenvalue weighted by atomic mass is 10.1. The van der Waals surface area contributed by atoms with Gasteiger partial charge in [0.1, 0.15) is 6.04 Å². The summed E-state index contributed by atoms with van der Waals surface area (Å²) in [4.78, 5) is 38.7. The van der Waals surface area contributed by atoms with Crippen LogP contribution in [0, 0.1) is 6.92 Å². The molecule has 0 aromatic heterocycles. The maximum Gasteiger partial charge on any atom is 0.300 e. The first-order valence-electron chi connectivity index (χ1n) is 9.35. The molecule has 152 valence electrons. The average molecular weight is 396 g/mol. The number of rotatable bonds is 7. The summed E-state index contributed by atoms with van der Waals surface area (Å²) < 4.78 is 10.5. The van der Waals surface area contributed by atoms with Gasteiger partial charge in [0.25, 0.3) is 11.7 Å². The molecule has 2 amide bonds. The van der Waals surface area contributed by atoms with Crippen LogP contribution in [0.1, 0.15) is 28.4 Å². The molecule has 0 radical (unpaired) electrons. The van der Waals surface area contributed by atoms with E-state index < -0.39 is 17.7 Å². The Morgan fingerprint density at radius 1 is 1.10 bits per heavy atom. The van der Waals surface area contributed by atoms with Crippen molar-refractivity contribution in [2.24, 2.45) is 0 Å². The molecule has 1 aliphatic rings. The Bertz CT molecular complexity index is 970. The number of carbonyl (C=O) groups is 3. The van der Waals surface area contributed by atoms with Gasteiger partial charge in [-0.3, -0.25) is 19.3 Å². The zero-order valence-corrected chi connectivity index (χ0v) is 16.9. The molecule has 3 rings (SSSR count). The fourth-order valence-electron chi connectivity index (χ4n) is 3.49. The van der Waals surface area contributed by atoms with E-state index in [-0.39, 0.29) is 5.91 Å². The summed E-state index contributed by atoms with van der Waals surface area (Å²) in [5.41, 5.74) is 2.63. The normalized spacial score (nSPS) is 13.9.